The summed E-state index contributed by atoms with van der Waals surface area (Å²) in [6, 6.07) is 2.74. The fraction of sp³-hybridized carbons (Fsp3) is 0.842. The highest BCUT2D eigenvalue weighted by atomic mass is 16.5. The van der Waals surface area contributed by atoms with Crippen molar-refractivity contribution in [3.8, 4) is 0 Å². The Balaban J connectivity index is 0.00000208. The van der Waals surface area contributed by atoms with E-state index in [0.29, 0.717) is 11.5 Å². The molecule has 1 aliphatic heterocycles. The van der Waals surface area contributed by atoms with Crippen LogP contribution in [0.25, 0.3) is 0 Å². The first-order valence-electron chi connectivity index (χ1n) is 9.28. The van der Waals surface area contributed by atoms with Crippen LogP contribution in [0.1, 0.15) is 72.5 Å². The first-order valence-corrected chi connectivity index (χ1v) is 9.28. The van der Waals surface area contributed by atoms with Crippen LogP contribution in [0, 0.1) is 5.41 Å². The molecule has 1 aromatic rings. The first-order chi connectivity index (χ1) is 10.9. The highest BCUT2D eigenvalue weighted by molar-refractivity contribution is 5.04. The van der Waals surface area contributed by atoms with Gasteiger partial charge in [-0.2, -0.15) is 5.10 Å². The number of rotatable bonds is 5. The molecule has 1 aromatic heterocycles. The molecule has 0 amide bonds. The zero-order chi connectivity index (χ0) is 16.5. The molecule has 2 aliphatic rings. The summed E-state index contributed by atoms with van der Waals surface area (Å²) >= 11 is 0. The van der Waals surface area contributed by atoms with E-state index in [1.165, 1.54) is 44.2 Å². The zero-order valence-electron chi connectivity index (χ0n) is 15.3. The second-order valence-corrected chi connectivity index (χ2v) is 8.55. The fourth-order valence-electron chi connectivity index (χ4n) is 4.55. The minimum absolute atomic E-state index is 0. The van der Waals surface area contributed by atoms with E-state index < -0.39 is 0 Å². The predicted octanol–water partition coefficient (Wildman–Crippen LogP) is 4.27. The van der Waals surface area contributed by atoms with Gasteiger partial charge in [-0.3, -0.25) is 4.68 Å². The Bertz CT molecular complexity index is 520. The molecular weight excluding hydrogens is 286 g/mol. The Hall–Kier alpha value is -0.870. The number of ether oxygens (including phenoxy) is 1. The number of hydrogen-bond acceptors (Lipinski definition) is 3. The Morgan fingerprint density at radius 2 is 2.13 bits per heavy atom. The maximum absolute atomic E-state index is 6.25. The van der Waals surface area contributed by atoms with Gasteiger partial charge >= 0.3 is 0 Å². The molecule has 1 spiro atoms. The molecular formula is C19H35N3O. The predicted molar refractivity (Wildman–Crippen MR) is 95.6 cm³/mol. The minimum Gasteiger partial charge on any atom is -0.374 e. The lowest BCUT2D eigenvalue weighted by Crippen LogP contribution is -2.35. The molecule has 0 aromatic carbocycles. The van der Waals surface area contributed by atoms with E-state index in [-0.39, 0.29) is 7.03 Å². The van der Waals surface area contributed by atoms with E-state index in [4.69, 9.17) is 4.74 Å². The third kappa shape index (κ3) is 3.80. The van der Waals surface area contributed by atoms with Gasteiger partial charge in [0.2, 0.25) is 0 Å². The summed E-state index contributed by atoms with van der Waals surface area (Å²) in [5.74, 6) is 0. The van der Waals surface area contributed by atoms with Gasteiger partial charge in [0, 0.05) is 14.2 Å². The van der Waals surface area contributed by atoms with Crippen molar-refractivity contribution in [1.82, 2.24) is 14.7 Å². The smallest absolute Gasteiger partial charge is 0.0690 e. The largest absolute Gasteiger partial charge is 0.374 e. The van der Waals surface area contributed by atoms with Crippen molar-refractivity contribution in [1.29, 1.82) is 0 Å². The van der Waals surface area contributed by atoms with Crippen molar-refractivity contribution in [2.24, 2.45) is 5.41 Å². The number of hydrogen-bond donors (Lipinski definition) is 0. The zero-order valence-corrected chi connectivity index (χ0v) is 15.3. The van der Waals surface area contributed by atoms with Gasteiger partial charge in [0.15, 0.2) is 0 Å². The van der Waals surface area contributed by atoms with Gasteiger partial charge in [-0.1, -0.05) is 20.8 Å². The van der Waals surface area contributed by atoms with Gasteiger partial charge in [-0.05, 0) is 63.6 Å². The van der Waals surface area contributed by atoms with Crippen molar-refractivity contribution >= 4 is 0 Å². The van der Waals surface area contributed by atoms with Gasteiger partial charge in [-0.15, -0.1) is 0 Å². The van der Waals surface area contributed by atoms with Crippen LogP contribution in [0.15, 0.2) is 12.3 Å². The van der Waals surface area contributed by atoms with Gasteiger partial charge in [0.25, 0.3) is 0 Å². The van der Waals surface area contributed by atoms with E-state index in [9.17, 15) is 0 Å². The van der Waals surface area contributed by atoms with Crippen LogP contribution in [-0.4, -0.2) is 40.5 Å². The lowest BCUT2D eigenvalue weighted by atomic mass is 9.75. The Morgan fingerprint density at radius 3 is 2.74 bits per heavy atom. The highest BCUT2D eigenvalue weighted by Gasteiger charge is 2.46. The maximum Gasteiger partial charge on any atom is 0.0690 e. The van der Waals surface area contributed by atoms with Gasteiger partial charge < -0.3 is 9.64 Å². The van der Waals surface area contributed by atoms with E-state index in [1.807, 2.05) is 6.20 Å². The molecule has 0 atom stereocenters. The molecule has 2 fully saturated rings. The Morgan fingerprint density at radius 1 is 1.39 bits per heavy atom. The highest BCUT2D eigenvalue weighted by Crippen LogP contribution is 2.48. The van der Waals surface area contributed by atoms with E-state index >= 15 is 0 Å². The maximum atomic E-state index is 6.25. The standard InChI is InChI=1S/C19H33N3O.H2/c1-5-12-21(4)13-17-8-11-20-22(17)16-6-9-19(10-7-16)14-18(2,3)15-23-19;/h8,11,16H,5-7,9-10,12-15H2,1-4H3;1H. The normalized spacial score (nSPS) is 30.4. The van der Waals surface area contributed by atoms with Crippen molar-refractivity contribution in [3.05, 3.63) is 18.0 Å². The molecule has 1 saturated heterocycles. The fourth-order valence-corrected chi connectivity index (χ4v) is 4.55. The van der Waals surface area contributed by atoms with E-state index in [1.54, 1.807) is 0 Å². The average Bonchev–Trinajstić information content (AvgIpc) is 3.05. The van der Waals surface area contributed by atoms with Crippen molar-refractivity contribution in [2.75, 3.05) is 20.2 Å². The van der Waals surface area contributed by atoms with E-state index in [0.717, 1.165) is 19.7 Å². The molecule has 0 N–H and O–H groups in total. The summed E-state index contributed by atoms with van der Waals surface area (Å²) < 4.78 is 8.54. The van der Waals surface area contributed by atoms with Crippen LogP contribution in [0.5, 0.6) is 0 Å². The van der Waals surface area contributed by atoms with Crippen LogP contribution >= 0.6 is 0 Å². The molecule has 0 radical (unpaired) electrons. The molecule has 0 unspecified atom stereocenters. The van der Waals surface area contributed by atoms with Gasteiger partial charge in [-0.25, -0.2) is 0 Å². The summed E-state index contributed by atoms with van der Waals surface area (Å²) in [4.78, 5) is 2.39. The van der Waals surface area contributed by atoms with Gasteiger partial charge in [0.1, 0.15) is 0 Å². The molecule has 4 heteroatoms. The summed E-state index contributed by atoms with van der Waals surface area (Å²) in [6.45, 7) is 9.97. The third-order valence-electron chi connectivity index (χ3n) is 5.57. The molecule has 132 valence electrons. The monoisotopic (exact) mass is 321 g/mol. The Labute approximate surface area is 142 Å². The van der Waals surface area contributed by atoms with Crippen LogP contribution in [0.3, 0.4) is 0 Å². The quantitative estimate of drug-likeness (QED) is 0.811. The second-order valence-electron chi connectivity index (χ2n) is 8.55. The summed E-state index contributed by atoms with van der Waals surface area (Å²) in [6.07, 6.45) is 9.15. The number of nitrogens with zero attached hydrogens (tertiary/aromatic N) is 3. The molecule has 1 saturated carbocycles. The minimum atomic E-state index is 0. The third-order valence-corrected chi connectivity index (χ3v) is 5.57. The average molecular weight is 322 g/mol. The molecule has 4 nitrogen and oxygen atoms in total. The van der Waals surface area contributed by atoms with Crippen LogP contribution in [0.2, 0.25) is 0 Å². The van der Waals surface area contributed by atoms with Crippen LogP contribution < -0.4 is 0 Å². The first kappa shape index (κ1) is 17.0. The topological polar surface area (TPSA) is 30.3 Å². The van der Waals surface area contributed by atoms with Crippen LogP contribution in [-0.2, 0) is 11.3 Å². The summed E-state index contributed by atoms with van der Waals surface area (Å²) in [5, 5.41) is 4.65. The SMILES string of the molecule is CCCN(C)Cc1ccnn1C1CCC2(CC1)CC(C)(C)CO2.[HH]. The Kier molecular flexibility index (Phi) is 4.84. The summed E-state index contributed by atoms with van der Waals surface area (Å²) in [5.41, 5.74) is 1.87. The molecule has 3 rings (SSSR count). The number of aromatic nitrogens is 2. The van der Waals surface area contributed by atoms with Crippen LogP contribution in [0.4, 0.5) is 0 Å². The summed E-state index contributed by atoms with van der Waals surface area (Å²) in [7, 11) is 2.20. The van der Waals surface area contributed by atoms with Crippen molar-refractivity contribution < 1.29 is 6.16 Å². The molecule has 1 aliphatic carbocycles. The molecule has 0 bridgehead atoms. The lowest BCUT2D eigenvalue weighted by Gasteiger charge is -2.37. The molecule has 23 heavy (non-hydrogen) atoms. The van der Waals surface area contributed by atoms with E-state index in [2.05, 4.69) is 48.6 Å². The van der Waals surface area contributed by atoms with Crippen molar-refractivity contribution in [2.45, 2.75) is 77.5 Å². The van der Waals surface area contributed by atoms with Crippen molar-refractivity contribution in [3.63, 3.8) is 0 Å². The lowest BCUT2D eigenvalue weighted by molar-refractivity contribution is -0.0354. The van der Waals surface area contributed by atoms with Gasteiger partial charge in [0.05, 0.1) is 23.9 Å². The molecule has 2 heterocycles. The second kappa shape index (κ2) is 6.56.